The van der Waals surface area contributed by atoms with Crippen LogP contribution in [0.25, 0.3) is 21.3 Å². The average molecular weight is 432 g/mol. The van der Waals surface area contributed by atoms with Crippen LogP contribution in [0.15, 0.2) is 29.1 Å². The van der Waals surface area contributed by atoms with Crippen molar-refractivity contribution < 1.29 is 9.53 Å². The van der Waals surface area contributed by atoms with Crippen molar-refractivity contribution in [3.63, 3.8) is 0 Å². The lowest BCUT2D eigenvalue weighted by Gasteiger charge is -2.20. The van der Waals surface area contributed by atoms with E-state index in [0.29, 0.717) is 25.7 Å². The molecule has 0 saturated heterocycles. The van der Waals surface area contributed by atoms with Crippen molar-refractivity contribution in [3.05, 3.63) is 56.4 Å². The van der Waals surface area contributed by atoms with E-state index < -0.39 is 5.97 Å². The molecule has 1 aromatic carbocycles. The summed E-state index contributed by atoms with van der Waals surface area (Å²) in [4.78, 5) is 34.7. The second-order valence-corrected chi connectivity index (χ2v) is 7.80. The molecule has 0 spiro atoms. The van der Waals surface area contributed by atoms with E-state index in [4.69, 9.17) is 16.3 Å². The number of hydrogen-bond acceptors (Lipinski definition) is 6. The van der Waals surface area contributed by atoms with E-state index in [2.05, 4.69) is 28.7 Å². The third kappa shape index (κ3) is 4.21. The molecule has 8 heteroatoms. The van der Waals surface area contributed by atoms with Gasteiger partial charge in [0.25, 0.3) is 5.56 Å². The molecule has 0 saturated carbocycles. The van der Waals surface area contributed by atoms with Crippen LogP contribution in [0.1, 0.15) is 40.5 Å². The Kier molecular flexibility index (Phi) is 6.39. The molecule has 0 unspecified atom stereocenters. The highest BCUT2D eigenvalue weighted by Gasteiger charge is 2.20. The van der Waals surface area contributed by atoms with Gasteiger partial charge < -0.3 is 14.6 Å². The third-order valence-corrected chi connectivity index (χ3v) is 6.17. The predicted molar refractivity (Wildman–Crippen MR) is 120 cm³/mol. The van der Waals surface area contributed by atoms with E-state index in [9.17, 15) is 9.59 Å². The number of nitrogens with zero attached hydrogens (tertiary/aromatic N) is 2. The molecule has 0 atom stereocenters. The summed E-state index contributed by atoms with van der Waals surface area (Å²) in [5, 5.41) is 0.692. The summed E-state index contributed by atoms with van der Waals surface area (Å²) < 4.78 is 4.78. The van der Waals surface area contributed by atoms with Crippen molar-refractivity contribution >= 4 is 55.9 Å². The molecule has 29 heavy (non-hydrogen) atoms. The summed E-state index contributed by atoms with van der Waals surface area (Å²) >= 11 is 7.56. The number of aromatic nitrogens is 2. The summed E-state index contributed by atoms with van der Waals surface area (Å²) in [6.45, 7) is 7.81. The maximum Gasteiger partial charge on any atom is 0.348 e. The lowest BCUT2D eigenvalue weighted by molar-refractivity contribution is 0.0605. The van der Waals surface area contributed by atoms with Crippen LogP contribution in [-0.2, 0) is 4.74 Å². The Morgan fingerprint density at radius 2 is 1.93 bits per heavy atom. The Bertz CT molecular complexity index is 1130. The number of ether oxygens (including phenoxy) is 1. The van der Waals surface area contributed by atoms with Gasteiger partial charge in [0.2, 0.25) is 0 Å². The standard InChI is InChI=1S/C21H22ClN3O3S/c1-5-25(6-2)14-9-7-13(8-10-14)11-15(22)18-23-19(26)16-12(3)17(21(27)28-4)29-20(16)24-18/h7-11H,5-6H2,1-4H3,(H,23,24,26)/b15-11-. The molecule has 2 aromatic heterocycles. The molecule has 0 bridgehead atoms. The van der Waals surface area contributed by atoms with Crippen LogP contribution in [0.2, 0.25) is 0 Å². The minimum absolute atomic E-state index is 0.259. The second-order valence-electron chi connectivity index (χ2n) is 6.40. The molecule has 0 aliphatic heterocycles. The molecule has 2 heterocycles. The molecule has 0 aliphatic carbocycles. The van der Waals surface area contributed by atoms with Gasteiger partial charge in [-0.3, -0.25) is 4.79 Å². The van der Waals surface area contributed by atoms with Crippen molar-refractivity contribution in [3.8, 4) is 0 Å². The van der Waals surface area contributed by atoms with Gasteiger partial charge in [-0.05, 0) is 50.1 Å². The largest absolute Gasteiger partial charge is 0.465 e. The van der Waals surface area contributed by atoms with Crippen LogP contribution in [0.3, 0.4) is 0 Å². The fraction of sp³-hybridized carbons (Fsp3) is 0.286. The second kappa shape index (κ2) is 8.80. The molecule has 3 aromatic rings. The Balaban J connectivity index is 1.97. The zero-order chi connectivity index (χ0) is 21.1. The quantitative estimate of drug-likeness (QED) is 0.574. The van der Waals surface area contributed by atoms with Crippen LogP contribution < -0.4 is 10.5 Å². The zero-order valence-electron chi connectivity index (χ0n) is 16.7. The number of benzene rings is 1. The van der Waals surface area contributed by atoms with E-state index in [1.807, 2.05) is 24.3 Å². The highest BCUT2D eigenvalue weighted by atomic mass is 35.5. The molecule has 0 aliphatic rings. The fourth-order valence-electron chi connectivity index (χ4n) is 3.13. The van der Waals surface area contributed by atoms with E-state index in [0.717, 1.165) is 35.7 Å². The van der Waals surface area contributed by atoms with Crippen LogP contribution in [0.4, 0.5) is 5.69 Å². The Hall–Kier alpha value is -2.64. The molecule has 0 radical (unpaired) electrons. The smallest absolute Gasteiger partial charge is 0.348 e. The monoisotopic (exact) mass is 431 g/mol. The van der Waals surface area contributed by atoms with E-state index in [-0.39, 0.29) is 11.4 Å². The predicted octanol–water partition coefficient (Wildman–Crippen LogP) is 4.66. The van der Waals surface area contributed by atoms with Crippen LogP contribution in [-0.4, -0.2) is 36.1 Å². The molecule has 0 amide bonds. The van der Waals surface area contributed by atoms with E-state index >= 15 is 0 Å². The summed E-state index contributed by atoms with van der Waals surface area (Å²) in [5.74, 6) is -0.226. The van der Waals surface area contributed by atoms with Crippen molar-refractivity contribution in [2.45, 2.75) is 20.8 Å². The van der Waals surface area contributed by atoms with Gasteiger partial charge in [-0.25, -0.2) is 9.78 Å². The minimum Gasteiger partial charge on any atom is -0.465 e. The molecular formula is C21H22ClN3O3S. The Labute approximate surface area is 177 Å². The number of halogens is 1. The first-order valence-corrected chi connectivity index (χ1v) is 10.4. The fourth-order valence-corrected chi connectivity index (χ4v) is 4.44. The number of anilines is 1. The highest BCUT2D eigenvalue weighted by molar-refractivity contribution is 7.20. The first-order valence-electron chi connectivity index (χ1n) is 9.23. The van der Waals surface area contributed by atoms with Crippen molar-refractivity contribution in [1.82, 2.24) is 9.97 Å². The van der Waals surface area contributed by atoms with Gasteiger partial charge in [-0.1, -0.05) is 23.7 Å². The number of carbonyl (C=O) groups is 1. The summed E-state index contributed by atoms with van der Waals surface area (Å²) in [6, 6.07) is 8.01. The molecule has 1 N–H and O–H groups in total. The number of rotatable bonds is 6. The SMILES string of the molecule is CCN(CC)c1ccc(/C=C(\Cl)c2nc3sc(C(=O)OC)c(C)c3c(=O)[nH]2)cc1. The zero-order valence-corrected chi connectivity index (χ0v) is 18.3. The molecule has 3 rings (SSSR count). The number of fused-ring (bicyclic) bond motifs is 1. The first-order chi connectivity index (χ1) is 13.9. The lowest BCUT2D eigenvalue weighted by atomic mass is 10.1. The summed E-state index contributed by atoms with van der Waals surface area (Å²) in [7, 11) is 1.31. The molecule has 6 nitrogen and oxygen atoms in total. The first kappa shape index (κ1) is 21.1. The van der Waals surface area contributed by atoms with Gasteiger partial charge in [-0.2, -0.15) is 0 Å². The lowest BCUT2D eigenvalue weighted by Crippen LogP contribution is -2.21. The number of methoxy groups -OCH3 is 1. The average Bonchev–Trinajstić information content (AvgIpc) is 3.06. The summed E-state index contributed by atoms with van der Waals surface area (Å²) in [6.07, 6.45) is 1.75. The number of esters is 1. The number of thiophene rings is 1. The van der Waals surface area contributed by atoms with Gasteiger partial charge in [0, 0.05) is 18.8 Å². The van der Waals surface area contributed by atoms with Gasteiger partial charge in [0.05, 0.1) is 17.5 Å². The number of aromatic amines is 1. The van der Waals surface area contributed by atoms with Crippen LogP contribution in [0.5, 0.6) is 0 Å². The number of nitrogens with one attached hydrogen (secondary N) is 1. The highest BCUT2D eigenvalue weighted by Crippen LogP contribution is 2.29. The number of hydrogen-bond donors (Lipinski definition) is 1. The minimum atomic E-state index is -0.485. The maximum atomic E-state index is 12.6. The molecule has 0 fully saturated rings. The normalized spacial score (nSPS) is 11.7. The molecule has 152 valence electrons. The van der Waals surface area contributed by atoms with Crippen molar-refractivity contribution in [1.29, 1.82) is 0 Å². The van der Waals surface area contributed by atoms with Gasteiger partial charge in [-0.15, -0.1) is 11.3 Å². The Morgan fingerprint density at radius 3 is 2.52 bits per heavy atom. The van der Waals surface area contributed by atoms with Crippen molar-refractivity contribution in [2.24, 2.45) is 0 Å². The van der Waals surface area contributed by atoms with Gasteiger partial charge >= 0.3 is 5.97 Å². The van der Waals surface area contributed by atoms with E-state index in [1.165, 1.54) is 7.11 Å². The van der Waals surface area contributed by atoms with Gasteiger partial charge in [0.15, 0.2) is 5.82 Å². The Morgan fingerprint density at radius 1 is 1.28 bits per heavy atom. The number of H-pyrrole nitrogens is 1. The molecular weight excluding hydrogens is 410 g/mol. The van der Waals surface area contributed by atoms with Gasteiger partial charge in [0.1, 0.15) is 9.71 Å². The third-order valence-electron chi connectivity index (χ3n) is 4.71. The van der Waals surface area contributed by atoms with Crippen LogP contribution >= 0.6 is 22.9 Å². The van der Waals surface area contributed by atoms with Crippen molar-refractivity contribution in [2.75, 3.05) is 25.1 Å². The van der Waals surface area contributed by atoms with E-state index in [1.54, 1.807) is 13.0 Å². The number of carbonyl (C=O) groups excluding carboxylic acids is 1. The topological polar surface area (TPSA) is 75.3 Å². The van der Waals surface area contributed by atoms with Crippen LogP contribution in [0, 0.1) is 6.92 Å². The summed E-state index contributed by atoms with van der Waals surface area (Å²) in [5.41, 5.74) is 2.26. The number of aryl methyl sites for hydroxylation is 1. The maximum absolute atomic E-state index is 12.6.